The highest BCUT2D eigenvalue weighted by Crippen LogP contribution is 2.34. The number of carbonyl (C=O) groups excluding carboxylic acids is 1. The Morgan fingerprint density at radius 1 is 1.36 bits per heavy atom. The topological polar surface area (TPSA) is 148 Å². The molecule has 11 heteroatoms. The number of hydrogen-bond donors (Lipinski definition) is 1. The van der Waals surface area contributed by atoms with Crippen molar-refractivity contribution in [3.05, 3.63) is 51.3 Å². The van der Waals surface area contributed by atoms with Gasteiger partial charge < -0.3 is 23.8 Å². The first-order valence-electron chi connectivity index (χ1n) is 6.73. The zero-order valence-corrected chi connectivity index (χ0v) is 15.0. The zero-order valence-electron chi connectivity index (χ0n) is 14.1. The number of esters is 1. The van der Waals surface area contributed by atoms with Crippen LogP contribution in [0.25, 0.3) is 0 Å². The number of nitro benzene ring substituents is 1. The van der Waals surface area contributed by atoms with E-state index in [0.29, 0.717) is 5.56 Å². The number of benzene rings is 1. The lowest BCUT2D eigenvalue weighted by molar-refractivity contribution is -0.385. The van der Waals surface area contributed by atoms with Crippen molar-refractivity contribution in [2.45, 2.75) is 20.5 Å². The molecule has 140 valence electrons. The van der Waals surface area contributed by atoms with Gasteiger partial charge in [-0.05, 0) is 25.0 Å². The second-order valence-corrected chi connectivity index (χ2v) is 6.20. The lowest BCUT2D eigenvalue weighted by atomic mass is 10.1. The number of carbonyl (C=O) groups is 1. The van der Waals surface area contributed by atoms with E-state index in [4.69, 9.17) is 9.84 Å². The van der Waals surface area contributed by atoms with Crippen molar-refractivity contribution in [3.63, 3.8) is 0 Å². The normalized spacial score (nSPS) is 11.3. The van der Waals surface area contributed by atoms with Gasteiger partial charge in [-0.1, -0.05) is 6.07 Å². The van der Waals surface area contributed by atoms with E-state index in [0.717, 1.165) is 25.9 Å². The lowest BCUT2D eigenvalue weighted by Crippen LogP contribution is -2.03. The quantitative estimate of drug-likeness (QED) is 0.197. The molecule has 0 aliphatic carbocycles. The van der Waals surface area contributed by atoms with Gasteiger partial charge in [0, 0.05) is 26.4 Å². The summed E-state index contributed by atoms with van der Waals surface area (Å²) in [5.41, 5.74) is 1.29. The lowest BCUT2D eigenvalue weighted by Gasteiger charge is -2.16. The summed E-state index contributed by atoms with van der Waals surface area (Å²) in [4.78, 5) is 31.2. The molecule has 1 N–H and O–H groups in total. The average molecular weight is 376 g/mol. The van der Waals surface area contributed by atoms with E-state index in [1.807, 2.05) is 0 Å². The number of nitrogens with zero attached hydrogens (tertiary/aromatic N) is 1. The van der Waals surface area contributed by atoms with Crippen LogP contribution in [0.4, 0.5) is 5.69 Å². The number of allylic oxidation sites excluding steroid dienone is 1. The molecule has 0 unspecified atom stereocenters. The van der Waals surface area contributed by atoms with E-state index in [1.165, 1.54) is 19.1 Å². The second kappa shape index (κ2) is 10.6. The second-order valence-electron chi connectivity index (χ2n) is 4.57. The van der Waals surface area contributed by atoms with Gasteiger partial charge in [0.2, 0.25) is 0 Å². The van der Waals surface area contributed by atoms with Gasteiger partial charge in [0.1, 0.15) is 6.61 Å². The van der Waals surface area contributed by atoms with Gasteiger partial charge in [0.15, 0.2) is 0 Å². The SMILES string of the molecule is C/C(O)=C/C(=O)OCc1cc([N+](=O)[O-])ccc1C.COP(=O)([O-])OC. The van der Waals surface area contributed by atoms with E-state index < -0.39 is 18.7 Å². The van der Waals surface area contributed by atoms with Crippen LogP contribution in [0.1, 0.15) is 18.1 Å². The molecule has 0 aromatic heterocycles. The highest BCUT2D eigenvalue weighted by Gasteiger charge is 2.10. The number of aliphatic hydroxyl groups is 1. The maximum atomic E-state index is 11.2. The third-order valence-electron chi connectivity index (χ3n) is 2.69. The van der Waals surface area contributed by atoms with Crippen LogP contribution in [0, 0.1) is 17.0 Å². The van der Waals surface area contributed by atoms with Crippen molar-refractivity contribution < 1.29 is 38.1 Å². The van der Waals surface area contributed by atoms with Crippen LogP contribution >= 0.6 is 7.82 Å². The fourth-order valence-electron chi connectivity index (χ4n) is 1.36. The monoisotopic (exact) mass is 376 g/mol. The molecule has 1 rings (SSSR count). The third kappa shape index (κ3) is 9.58. The van der Waals surface area contributed by atoms with Crippen LogP contribution in [0.2, 0.25) is 0 Å². The summed E-state index contributed by atoms with van der Waals surface area (Å²) in [7, 11) is -1.83. The molecule has 0 saturated carbocycles. The van der Waals surface area contributed by atoms with E-state index in [9.17, 15) is 24.4 Å². The predicted molar refractivity (Wildman–Crippen MR) is 85.6 cm³/mol. The molecule has 0 saturated heterocycles. The standard InChI is InChI=1S/C12H13NO5.C2H7O4P/c1-8-3-4-11(13(16)17)6-10(8)7-18-12(15)5-9(2)14;1-5-7(3,4)6-2/h3-6,14H,7H2,1-2H3;1-2H3,(H,3,4)/p-1/b9-5-;. The molecule has 1 aromatic rings. The van der Waals surface area contributed by atoms with Crippen LogP contribution in [0.3, 0.4) is 0 Å². The Labute approximate surface area is 144 Å². The number of nitro groups is 1. The number of phosphoric ester groups is 1. The molecular formula is C14H19NO9P-. The summed E-state index contributed by atoms with van der Waals surface area (Å²) >= 11 is 0. The van der Waals surface area contributed by atoms with Gasteiger partial charge in [-0.25, -0.2) is 4.79 Å². The Hall–Kier alpha value is -2.26. The molecule has 0 fully saturated rings. The molecule has 0 bridgehead atoms. The summed E-state index contributed by atoms with van der Waals surface area (Å²) in [5.74, 6) is -0.850. The molecule has 0 spiro atoms. The summed E-state index contributed by atoms with van der Waals surface area (Å²) < 4.78 is 22.5. The number of phosphoric acid groups is 1. The van der Waals surface area contributed by atoms with Crippen molar-refractivity contribution >= 4 is 19.5 Å². The summed E-state index contributed by atoms with van der Waals surface area (Å²) in [6.45, 7) is 3.04. The van der Waals surface area contributed by atoms with Crippen LogP contribution < -0.4 is 4.89 Å². The first kappa shape index (κ1) is 22.7. The minimum Gasteiger partial charge on any atom is -0.756 e. The zero-order chi connectivity index (χ0) is 19.6. The minimum atomic E-state index is -3.90. The fourth-order valence-corrected chi connectivity index (χ4v) is 1.51. The molecule has 0 atom stereocenters. The number of aryl methyl sites for hydroxylation is 1. The molecule has 25 heavy (non-hydrogen) atoms. The Morgan fingerprint density at radius 3 is 2.32 bits per heavy atom. The fraction of sp³-hybridized carbons (Fsp3) is 0.357. The van der Waals surface area contributed by atoms with Crippen LogP contribution in [0.15, 0.2) is 30.0 Å². The van der Waals surface area contributed by atoms with Crippen molar-refractivity contribution in [2.24, 2.45) is 0 Å². The van der Waals surface area contributed by atoms with E-state index in [1.54, 1.807) is 13.0 Å². The molecule has 10 nitrogen and oxygen atoms in total. The number of non-ortho nitro benzene ring substituents is 1. The van der Waals surface area contributed by atoms with Crippen LogP contribution in [-0.2, 0) is 29.8 Å². The largest absolute Gasteiger partial charge is 0.756 e. The van der Waals surface area contributed by atoms with Crippen molar-refractivity contribution in [1.82, 2.24) is 0 Å². The Morgan fingerprint density at radius 2 is 1.92 bits per heavy atom. The summed E-state index contributed by atoms with van der Waals surface area (Å²) in [5, 5.41) is 19.5. The minimum absolute atomic E-state index is 0.0551. The molecule has 0 aliphatic heterocycles. The third-order valence-corrected chi connectivity index (χ3v) is 3.58. The predicted octanol–water partition coefficient (Wildman–Crippen LogP) is 2.16. The number of aliphatic hydroxyl groups excluding tert-OH is 1. The number of ether oxygens (including phenoxy) is 1. The van der Waals surface area contributed by atoms with E-state index in [-0.39, 0.29) is 18.1 Å². The first-order chi connectivity index (χ1) is 11.5. The Balaban J connectivity index is 0.000000697. The van der Waals surface area contributed by atoms with Gasteiger partial charge in [-0.3, -0.25) is 14.7 Å². The Bertz CT molecular complexity index is 675. The van der Waals surface area contributed by atoms with Crippen LogP contribution in [-0.4, -0.2) is 30.2 Å². The molecule has 0 heterocycles. The summed E-state index contributed by atoms with van der Waals surface area (Å²) in [6, 6.07) is 4.34. The molecule has 0 aliphatic rings. The molecule has 0 amide bonds. The number of hydrogen-bond acceptors (Lipinski definition) is 9. The van der Waals surface area contributed by atoms with Crippen molar-refractivity contribution in [1.29, 1.82) is 0 Å². The highest BCUT2D eigenvalue weighted by molar-refractivity contribution is 7.45. The van der Waals surface area contributed by atoms with Gasteiger partial charge in [-0.15, -0.1) is 0 Å². The van der Waals surface area contributed by atoms with Crippen molar-refractivity contribution in [3.8, 4) is 0 Å². The van der Waals surface area contributed by atoms with Crippen molar-refractivity contribution in [2.75, 3.05) is 14.2 Å². The van der Waals surface area contributed by atoms with Crippen LogP contribution in [0.5, 0.6) is 0 Å². The smallest absolute Gasteiger partial charge is 0.334 e. The average Bonchev–Trinajstić information content (AvgIpc) is 2.53. The Kier molecular flexibility index (Phi) is 9.62. The maximum Gasteiger partial charge on any atom is 0.334 e. The molecular weight excluding hydrogens is 357 g/mol. The molecule has 1 aromatic carbocycles. The maximum absolute atomic E-state index is 11.2. The van der Waals surface area contributed by atoms with Gasteiger partial charge in [0.25, 0.3) is 13.5 Å². The number of rotatable bonds is 6. The van der Waals surface area contributed by atoms with E-state index >= 15 is 0 Å². The van der Waals surface area contributed by atoms with Gasteiger partial charge >= 0.3 is 5.97 Å². The highest BCUT2D eigenvalue weighted by atomic mass is 31.2. The van der Waals surface area contributed by atoms with E-state index in [2.05, 4.69) is 9.05 Å². The van der Waals surface area contributed by atoms with Gasteiger partial charge in [0.05, 0.1) is 16.8 Å². The first-order valence-corrected chi connectivity index (χ1v) is 8.19. The van der Waals surface area contributed by atoms with Gasteiger partial charge in [-0.2, -0.15) is 0 Å². The molecule has 0 radical (unpaired) electrons. The summed E-state index contributed by atoms with van der Waals surface area (Å²) in [6.07, 6.45) is 0.937.